The highest BCUT2D eigenvalue weighted by molar-refractivity contribution is 5.46. The van der Waals surface area contributed by atoms with E-state index in [1.165, 1.54) is 18.2 Å². The van der Waals surface area contributed by atoms with Crippen molar-refractivity contribution in [1.82, 2.24) is 0 Å². The number of halogens is 1. The lowest BCUT2D eigenvalue weighted by Crippen LogP contribution is -2.40. The van der Waals surface area contributed by atoms with Crippen LogP contribution >= 0.6 is 0 Å². The Labute approximate surface area is 142 Å². The molecule has 0 amide bonds. The minimum absolute atomic E-state index is 0.0173. The molecule has 0 atom stereocenters. The SMILES string of the molecule is Cc1ccc(Cc2c(Cc3ccc(F)cc3)c(=O)c2=O)cc1[N+](=O)[O-]. The molecule has 0 aromatic heterocycles. The first-order valence-electron chi connectivity index (χ1n) is 7.66. The molecule has 3 rings (SSSR count). The molecule has 0 radical (unpaired) electrons. The lowest BCUT2D eigenvalue weighted by atomic mass is 9.90. The van der Waals surface area contributed by atoms with Crippen LogP contribution < -0.4 is 10.9 Å². The van der Waals surface area contributed by atoms with Gasteiger partial charge in [0.25, 0.3) is 5.69 Å². The number of aryl methyl sites for hydroxylation is 1. The van der Waals surface area contributed by atoms with E-state index in [1.54, 1.807) is 31.2 Å². The highest BCUT2D eigenvalue weighted by Gasteiger charge is 2.22. The van der Waals surface area contributed by atoms with Gasteiger partial charge in [0.1, 0.15) is 5.82 Å². The molecular formula is C19H14FNO4. The highest BCUT2D eigenvalue weighted by atomic mass is 19.1. The van der Waals surface area contributed by atoms with Gasteiger partial charge >= 0.3 is 0 Å². The van der Waals surface area contributed by atoms with Crippen LogP contribution in [0.3, 0.4) is 0 Å². The fraction of sp³-hybridized carbons (Fsp3) is 0.158. The number of hydrogen-bond donors (Lipinski definition) is 0. The average molecular weight is 339 g/mol. The largest absolute Gasteiger partial charge is 0.285 e. The summed E-state index contributed by atoms with van der Waals surface area (Å²) in [6.45, 7) is 1.64. The predicted molar refractivity (Wildman–Crippen MR) is 91.2 cm³/mol. The zero-order valence-corrected chi connectivity index (χ0v) is 13.4. The van der Waals surface area contributed by atoms with Crippen LogP contribution in [0.4, 0.5) is 10.1 Å². The van der Waals surface area contributed by atoms with Gasteiger partial charge in [-0.05, 0) is 30.2 Å². The van der Waals surface area contributed by atoms with Crippen LogP contribution in [0.2, 0.25) is 0 Å². The molecule has 6 heteroatoms. The van der Waals surface area contributed by atoms with Crippen molar-refractivity contribution < 1.29 is 9.31 Å². The molecule has 25 heavy (non-hydrogen) atoms. The summed E-state index contributed by atoms with van der Waals surface area (Å²) in [4.78, 5) is 34.3. The number of hydrogen-bond acceptors (Lipinski definition) is 4. The van der Waals surface area contributed by atoms with E-state index in [2.05, 4.69) is 0 Å². The summed E-state index contributed by atoms with van der Waals surface area (Å²) in [6, 6.07) is 10.5. The first-order valence-corrected chi connectivity index (χ1v) is 7.66. The molecular weight excluding hydrogens is 325 g/mol. The standard InChI is InChI=1S/C19H14FNO4/c1-11-2-3-13(10-17(11)21(24)25)9-16-15(18(22)19(16)23)8-12-4-6-14(20)7-5-12/h2-7,10H,8-9H2,1H3. The maximum absolute atomic E-state index is 13.0. The van der Waals surface area contributed by atoms with Gasteiger partial charge in [-0.15, -0.1) is 0 Å². The lowest BCUT2D eigenvalue weighted by Gasteiger charge is -2.11. The normalized spacial score (nSPS) is 11.0. The number of nitrogens with zero attached hydrogens (tertiary/aromatic N) is 1. The van der Waals surface area contributed by atoms with Gasteiger partial charge in [-0.25, -0.2) is 4.39 Å². The second kappa shape index (κ2) is 6.39. The smallest absolute Gasteiger partial charge is 0.272 e. The Kier molecular flexibility index (Phi) is 4.27. The Morgan fingerprint density at radius 1 is 0.920 bits per heavy atom. The molecule has 0 bridgehead atoms. The van der Waals surface area contributed by atoms with Crippen LogP contribution in [0.15, 0.2) is 52.1 Å². The maximum Gasteiger partial charge on any atom is 0.272 e. The van der Waals surface area contributed by atoms with Gasteiger partial charge in [0.2, 0.25) is 10.9 Å². The van der Waals surface area contributed by atoms with Crippen molar-refractivity contribution in [3.8, 4) is 0 Å². The van der Waals surface area contributed by atoms with Gasteiger partial charge in [0.05, 0.1) is 4.92 Å². The number of nitro benzene ring substituents is 1. The second-order valence-electron chi connectivity index (χ2n) is 5.97. The summed E-state index contributed by atoms with van der Waals surface area (Å²) in [5.41, 5.74) is 1.50. The molecule has 0 spiro atoms. The zero-order valence-electron chi connectivity index (χ0n) is 13.4. The fourth-order valence-electron chi connectivity index (χ4n) is 2.83. The van der Waals surface area contributed by atoms with E-state index in [0.29, 0.717) is 22.3 Å². The number of nitro groups is 1. The van der Waals surface area contributed by atoms with E-state index in [1.807, 2.05) is 0 Å². The monoisotopic (exact) mass is 339 g/mol. The summed E-state index contributed by atoms with van der Waals surface area (Å²) >= 11 is 0. The van der Waals surface area contributed by atoms with Crippen LogP contribution in [0.25, 0.3) is 0 Å². The van der Waals surface area contributed by atoms with Crippen molar-refractivity contribution in [1.29, 1.82) is 0 Å². The summed E-state index contributed by atoms with van der Waals surface area (Å²) in [6.07, 6.45) is 0.413. The maximum atomic E-state index is 13.0. The molecule has 5 nitrogen and oxygen atoms in total. The van der Waals surface area contributed by atoms with Crippen molar-refractivity contribution in [3.63, 3.8) is 0 Å². The van der Waals surface area contributed by atoms with Crippen LogP contribution in [0.5, 0.6) is 0 Å². The van der Waals surface area contributed by atoms with Gasteiger partial charge in [-0.3, -0.25) is 19.7 Å². The fourth-order valence-corrected chi connectivity index (χ4v) is 2.83. The number of benzene rings is 2. The van der Waals surface area contributed by atoms with E-state index in [-0.39, 0.29) is 24.3 Å². The Morgan fingerprint density at radius 2 is 1.44 bits per heavy atom. The molecule has 3 aromatic carbocycles. The molecule has 0 aliphatic rings. The molecule has 0 aliphatic heterocycles. The first kappa shape index (κ1) is 16.7. The van der Waals surface area contributed by atoms with Gasteiger partial charge in [0, 0.05) is 35.6 Å². The Morgan fingerprint density at radius 3 is 2.00 bits per heavy atom. The zero-order chi connectivity index (χ0) is 18.1. The van der Waals surface area contributed by atoms with Crippen molar-refractivity contribution in [2.24, 2.45) is 0 Å². The van der Waals surface area contributed by atoms with E-state index >= 15 is 0 Å². The van der Waals surface area contributed by atoms with E-state index in [4.69, 9.17) is 0 Å². The molecule has 0 unspecified atom stereocenters. The van der Waals surface area contributed by atoms with Crippen LogP contribution in [-0.2, 0) is 12.8 Å². The van der Waals surface area contributed by atoms with Crippen molar-refractivity contribution in [2.45, 2.75) is 19.8 Å². The third-order valence-corrected chi connectivity index (χ3v) is 4.26. The van der Waals surface area contributed by atoms with Gasteiger partial charge < -0.3 is 0 Å². The highest BCUT2D eigenvalue weighted by Crippen LogP contribution is 2.22. The van der Waals surface area contributed by atoms with E-state index in [9.17, 15) is 24.1 Å². The third-order valence-electron chi connectivity index (χ3n) is 4.26. The van der Waals surface area contributed by atoms with Crippen molar-refractivity contribution >= 4 is 5.69 Å². The second-order valence-corrected chi connectivity index (χ2v) is 5.97. The van der Waals surface area contributed by atoms with Gasteiger partial charge in [-0.1, -0.05) is 24.3 Å². The van der Waals surface area contributed by atoms with Crippen LogP contribution in [-0.4, -0.2) is 4.92 Å². The minimum atomic E-state index is -0.555. The van der Waals surface area contributed by atoms with E-state index < -0.39 is 15.8 Å². The number of rotatable bonds is 5. The van der Waals surface area contributed by atoms with E-state index in [0.717, 1.165) is 5.56 Å². The molecule has 3 aromatic rings. The van der Waals surface area contributed by atoms with Gasteiger partial charge in [-0.2, -0.15) is 0 Å². The Balaban J connectivity index is 1.89. The quantitative estimate of drug-likeness (QED) is 0.407. The summed E-state index contributed by atoms with van der Waals surface area (Å²) in [7, 11) is 0. The van der Waals surface area contributed by atoms with Crippen LogP contribution in [0, 0.1) is 22.9 Å². The Bertz CT molecular complexity index is 1030. The lowest BCUT2D eigenvalue weighted by molar-refractivity contribution is -0.385. The minimum Gasteiger partial charge on any atom is -0.285 e. The summed E-state index contributed by atoms with van der Waals surface area (Å²) in [5.74, 6) is -0.374. The predicted octanol–water partition coefficient (Wildman–Crippen LogP) is 2.82. The summed E-state index contributed by atoms with van der Waals surface area (Å²) < 4.78 is 13.0. The molecule has 0 saturated heterocycles. The molecule has 0 saturated carbocycles. The molecule has 0 fully saturated rings. The molecule has 0 aliphatic carbocycles. The summed E-state index contributed by atoms with van der Waals surface area (Å²) in [5, 5.41) is 11.0. The first-order chi connectivity index (χ1) is 11.9. The molecule has 0 heterocycles. The Hall–Kier alpha value is -3.15. The van der Waals surface area contributed by atoms with Crippen molar-refractivity contribution in [2.75, 3.05) is 0 Å². The third kappa shape index (κ3) is 3.24. The van der Waals surface area contributed by atoms with Gasteiger partial charge in [0.15, 0.2) is 0 Å². The molecule has 0 N–H and O–H groups in total. The van der Waals surface area contributed by atoms with Crippen LogP contribution in [0.1, 0.15) is 27.8 Å². The molecule has 126 valence electrons. The van der Waals surface area contributed by atoms with Crippen molar-refractivity contribution in [3.05, 3.63) is 107 Å². The average Bonchev–Trinajstić information content (AvgIpc) is 2.60. The topological polar surface area (TPSA) is 77.3 Å².